The second-order valence-electron chi connectivity index (χ2n) is 4.76. The summed E-state index contributed by atoms with van der Waals surface area (Å²) in [6, 6.07) is 5.25. The number of carbonyl (C=O) groups excluding carboxylic acids is 1. The van der Waals surface area contributed by atoms with Gasteiger partial charge in [-0.2, -0.15) is 0 Å². The molecule has 1 saturated heterocycles. The highest BCUT2D eigenvalue weighted by molar-refractivity contribution is 5.94. The monoisotopic (exact) mass is 279 g/mol. The maximum absolute atomic E-state index is 12.0. The van der Waals surface area contributed by atoms with Crippen molar-refractivity contribution in [3.63, 3.8) is 0 Å². The second kappa shape index (κ2) is 7.26. The third kappa shape index (κ3) is 3.71. The number of aliphatic hydroxyl groups excluding tert-OH is 1. The zero-order valence-electron chi connectivity index (χ0n) is 11.7. The third-order valence-electron chi connectivity index (χ3n) is 3.27. The molecule has 2 rings (SSSR count). The van der Waals surface area contributed by atoms with Crippen LogP contribution in [0.25, 0.3) is 0 Å². The van der Waals surface area contributed by atoms with Gasteiger partial charge in [-0.25, -0.2) is 0 Å². The minimum absolute atomic E-state index is 0.126. The Bertz CT molecular complexity index is 455. The third-order valence-corrected chi connectivity index (χ3v) is 3.27. The number of ether oxygens (including phenoxy) is 2. The minimum atomic E-state index is -0.368. The average Bonchev–Trinajstić information content (AvgIpc) is 2.50. The van der Waals surface area contributed by atoms with Gasteiger partial charge in [-0.3, -0.25) is 4.79 Å². The van der Waals surface area contributed by atoms with Crippen molar-refractivity contribution in [3.05, 3.63) is 23.8 Å². The van der Waals surface area contributed by atoms with Crippen LogP contribution in [0.4, 0.5) is 5.69 Å². The molecule has 1 atom stereocenters. The fourth-order valence-corrected chi connectivity index (χ4v) is 2.25. The Balaban J connectivity index is 2.03. The zero-order chi connectivity index (χ0) is 14.4. The Hall–Kier alpha value is -1.59. The lowest BCUT2D eigenvalue weighted by Gasteiger charge is -2.22. The summed E-state index contributed by atoms with van der Waals surface area (Å²) >= 11 is 0. The minimum Gasteiger partial charge on any atom is -0.494 e. The maximum Gasteiger partial charge on any atom is 0.253 e. The van der Waals surface area contributed by atoms with Crippen LogP contribution in [-0.4, -0.2) is 30.3 Å². The molecule has 0 radical (unpaired) electrons. The van der Waals surface area contributed by atoms with Crippen LogP contribution in [0, 0.1) is 0 Å². The van der Waals surface area contributed by atoms with Gasteiger partial charge in [0.15, 0.2) is 0 Å². The van der Waals surface area contributed by atoms with E-state index in [1.54, 1.807) is 18.2 Å². The molecule has 0 saturated carbocycles. The molecule has 1 heterocycles. The van der Waals surface area contributed by atoms with E-state index in [1.807, 2.05) is 6.92 Å². The molecule has 20 heavy (non-hydrogen) atoms. The molecule has 110 valence electrons. The van der Waals surface area contributed by atoms with Gasteiger partial charge in [-0.05, 0) is 44.4 Å². The SMILES string of the molecule is CCOc1ccc(NC(=O)C2CCCCO2)cc1CO. The molecule has 1 fully saturated rings. The van der Waals surface area contributed by atoms with Crippen molar-refractivity contribution in [2.45, 2.75) is 38.9 Å². The van der Waals surface area contributed by atoms with Crippen LogP contribution in [-0.2, 0) is 16.1 Å². The molecule has 1 aromatic rings. The van der Waals surface area contributed by atoms with E-state index in [1.165, 1.54) is 0 Å². The first kappa shape index (κ1) is 14.8. The molecule has 1 aliphatic rings. The fraction of sp³-hybridized carbons (Fsp3) is 0.533. The van der Waals surface area contributed by atoms with Crippen molar-refractivity contribution >= 4 is 11.6 Å². The molecule has 0 bridgehead atoms. The lowest BCUT2D eigenvalue weighted by atomic mass is 10.1. The lowest BCUT2D eigenvalue weighted by molar-refractivity contribution is -0.129. The summed E-state index contributed by atoms with van der Waals surface area (Å²) in [5, 5.41) is 12.2. The number of benzene rings is 1. The second-order valence-corrected chi connectivity index (χ2v) is 4.76. The number of anilines is 1. The summed E-state index contributed by atoms with van der Waals surface area (Å²) in [5.41, 5.74) is 1.31. The molecule has 1 aromatic carbocycles. The largest absolute Gasteiger partial charge is 0.494 e. The van der Waals surface area contributed by atoms with Crippen molar-refractivity contribution in [3.8, 4) is 5.75 Å². The molecular formula is C15H21NO4. The summed E-state index contributed by atoms with van der Waals surface area (Å²) in [5.74, 6) is 0.514. The highest BCUT2D eigenvalue weighted by Gasteiger charge is 2.22. The number of hydrogen-bond donors (Lipinski definition) is 2. The van der Waals surface area contributed by atoms with E-state index in [9.17, 15) is 9.90 Å². The summed E-state index contributed by atoms with van der Waals surface area (Å²) < 4.78 is 10.9. The molecular weight excluding hydrogens is 258 g/mol. The van der Waals surface area contributed by atoms with Crippen LogP contribution < -0.4 is 10.1 Å². The van der Waals surface area contributed by atoms with Crippen LogP contribution >= 0.6 is 0 Å². The number of hydrogen-bond acceptors (Lipinski definition) is 4. The predicted molar refractivity (Wildman–Crippen MR) is 75.8 cm³/mol. The van der Waals surface area contributed by atoms with Gasteiger partial charge in [0.25, 0.3) is 5.91 Å². The molecule has 5 heteroatoms. The zero-order valence-corrected chi connectivity index (χ0v) is 11.7. The van der Waals surface area contributed by atoms with Crippen molar-refractivity contribution in [1.29, 1.82) is 0 Å². The Morgan fingerprint density at radius 1 is 1.50 bits per heavy atom. The van der Waals surface area contributed by atoms with Crippen LogP contribution in [0.15, 0.2) is 18.2 Å². The van der Waals surface area contributed by atoms with Crippen LogP contribution in [0.2, 0.25) is 0 Å². The van der Waals surface area contributed by atoms with Gasteiger partial charge in [0.2, 0.25) is 0 Å². The van der Waals surface area contributed by atoms with Crippen molar-refractivity contribution < 1.29 is 19.4 Å². The number of amides is 1. The summed E-state index contributed by atoms with van der Waals surface area (Å²) in [6.45, 7) is 2.94. The van der Waals surface area contributed by atoms with Crippen molar-refractivity contribution in [1.82, 2.24) is 0 Å². The van der Waals surface area contributed by atoms with E-state index in [-0.39, 0.29) is 18.6 Å². The van der Waals surface area contributed by atoms with Gasteiger partial charge in [-0.1, -0.05) is 0 Å². The van der Waals surface area contributed by atoms with Crippen LogP contribution in [0.3, 0.4) is 0 Å². The standard InChI is InChI=1S/C15H21NO4/c1-2-19-13-7-6-12(9-11(13)10-17)16-15(18)14-5-3-4-8-20-14/h6-7,9,14,17H,2-5,8,10H2,1H3,(H,16,18). The predicted octanol–water partition coefficient (Wildman–Crippen LogP) is 2.09. The average molecular weight is 279 g/mol. The highest BCUT2D eigenvalue weighted by atomic mass is 16.5. The summed E-state index contributed by atoms with van der Waals surface area (Å²) in [4.78, 5) is 12.0. The fourth-order valence-electron chi connectivity index (χ4n) is 2.25. The summed E-state index contributed by atoms with van der Waals surface area (Å²) in [7, 11) is 0. The Labute approximate surface area is 118 Å². The Morgan fingerprint density at radius 3 is 3.00 bits per heavy atom. The number of aliphatic hydroxyl groups is 1. The Morgan fingerprint density at radius 2 is 2.35 bits per heavy atom. The molecule has 0 spiro atoms. The number of rotatable bonds is 5. The van der Waals surface area contributed by atoms with Gasteiger partial charge in [-0.15, -0.1) is 0 Å². The highest BCUT2D eigenvalue weighted by Crippen LogP contribution is 2.24. The quantitative estimate of drug-likeness (QED) is 0.866. The van der Waals surface area contributed by atoms with Gasteiger partial charge in [0.1, 0.15) is 11.9 Å². The smallest absolute Gasteiger partial charge is 0.253 e. The molecule has 1 aliphatic heterocycles. The van der Waals surface area contributed by atoms with Gasteiger partial charge in [0.05, 0.1) is 13.2 Å². The molecule has 0 aromatic heterocycles. The normalized spacial score (nSPS) is 18.6. The van der Waals surface area contributed by atoms with Crippen LogP contribution in [0.1, 0.15) is 31.7 Å². The first-order chi connectivity index (χ1) is 9.74. The van der Waals surface area contributed by atoms with Crippen molar-refractivity contribution in [2.75, 3.05) is 18.5 Å². The molecule has 0 aliphatic carbocycles. The van der Waals surface area contributed by atoms with Gasteiger partial charge in [0, 0.05) is 17.9 Å². The van der Waals surface area contributed by atoms with Gasteiger partial charge < -0.3 is 19.9 Å². The molecule has 5 nitrogen and oxygen atoms in total. The van der Waals surface area contributed by atoms with Crippen LogP contribution in [0.5, 0.6) is 5.75 Å². The van der Waals surface area contributed by atoms with E-state index in [0.29, 0.717) is 30.2 Å². The first-order valence-corrected chi connectivity index (χ1v) is 7.03. The number of carbonyl (C=O) groups is 1. The topological polar surface area (TPSA) is 67.8 Å². The van der Waals surface area contributed by atoms with Crippen molar-refractivity contribution in [2.24, 2.45) is 0 Å². The maximum atomic E-state index is 12.0. The Kier molecular flexibility index (Phi) is 5.38. The van der Waals surface area contributed by atoms with E-state index in [2.05, 4.69) is 5.32 Å². The number of nitrogens with one attached hydrogen (secondary N) is 1. The van der Waals surface area contributed by atoms with Gasteiger partial charge >= 0.3 is 0 Å². The van der Waals surface area contributed by atoms with E-state index in [4.69, 9.17) is 9.47 Å². The van der Waals surface area contributed by atoms with E-state index in [0.717, 1.165) is 19.3 Å². The van der Waals surface area contributed by atoms with E-state index < -0.39 is 0 Å². The molecule has 2 N–H and O–H groups in total. The first-order valence-electron chi connectivity index (χ1n) is 7.03. The molecule has 1 amide bonds. The lowest BCUT2D eigenvalue weighted by Crippen LogP contribution is -2.33. The summed E-state index contributed by atoms with van der Waals surface area (Å²) in [6.07, 6.45) is 2.42. The van der Waals surface area contributed by atoms with E-state index >= 15 is 0 Å². The molecule has 1 unspecified atom stereocenters.